The normalized spacial score (nSPS) is 12.9. The fraction of sp³-hybridized carbons (Fsp3) is 0.105. The second kappa shape index (κ2) is 6.31. The molecule has 0 saturated carbocycles. The topological polar surface area (TPSA) is 91.1 Å². The molecule has 1 aliphatic carbocycles. The van der Waals surface area contributed by atoms with Crippen molar-refractivity contribution in [2.45, 2.75) is 12.8 Å². The Morgan fingerprint density at radius 1 is 0.963 bits per heavy atom. The fourth-order valence-corrected chi connectivity index (χ4v) is 3.19. The molecule has 2 amide bonds. The lowest BCUT2D eigenvalue weighted by atomic mass is 10.1. The third-order valence-electron chi connectivity index (χ3n) is 4.50. The molecule has 3 N–H and O–H groups in total. The predicted octanol–water partition coefficient (Wildman–Crippen LogP) is 3.15. The van der Waals surface area contributed by atoms with Gasteiger partial charge < -0.3 is 15.6 Å². The van der Waals surface area contributed by atoms with Crippen LogP contribution in [0.1, 0.15) is 22.3 Å². The number of amides is 2. The number of fused-ring (bicyclic) bond motifs is 2. The standard InChI is InChI=1S/C19H13F2N3O3/c20-12-6-11-15(7-13(12)21)22-8-16(11)24-19(27)18(26)23-14-3-1-2-10-9(14)4-5-17(10)25/h1-3,6-8,22H,4-5H2,(H,23,26)(H,24,27). The minimum Gasteiger partial charge on any atom is -0.359 e. The number of aromatic amines is 1. The number of aromatic nitrogens is 1. The number of ketones is 1. The number of halogens is 2. The number of benzene rings is 2. The quantitative estimate of drug-likeness (QED) is 0.606. The maximum absolute atomic E-state index is 13.4. The molecule has 4 rings (SSSR count). The first-order chi connectivity index (χ1) is 12.9. The van der Waals surface area contributed by atoms with Gasteiger partial charge in [-0.15, -0.1) is 0 Å². The molecule has 0 bridgehead atoms. The van der Waals surface area contributed by atoms with E-state index in [-0.39, 0.29) is 22.4 Å². The van der Waals surface area contributed by atoms with E-state index in [1.54, 1.807) is 18.2 Å². The summed E-state index contributed by atoms with van der Waals surface area (Å²) in [4.78, 5) is 38.9. The molecule has 1 aromatic heterocycles. The number of nitrogens with one attached hydrogen (secondary N) is 3. The SMILES string of the molecule is O=C(Nc1cccc2c1CCC2=O)C(=O)Nc1c[nH]c2cc(F)c(F)cc12. The first kappa shape index (κ1) is 16.9. The molecule has 6 nitrogen and oxygen atoms in total. The van der Waals surface area contributed by atoms with Gasteiger partial charge in [-0.05, 0) is 24.1 Å². The molecule has 8 heteroatoms. The highest BCUT2D eigenvalue weighted by Gasteiger charge is 2.24. The highest BCUT2D eigenvalue weighted by atomic mass is 19.2. The van der Waals surface area contributed by atoms with E-state index in [1.165, 1.54) is 6.20 Å². The number of rotatable bonds is 2. The molecule has 0 radical (unpaired) electrons. The lowest BCUT2D eigenvalue weighted by Gasteiger charge is -2.09. The molecular formula is C19H13F2N3O3. The van der Waals surface area contributed by atoms with Crippen molar-refractivity contribution in [2.75, 3.05) is 10.6 Å². The summed E-state index contributed by atoms with van der Waals surface area (Å²) in [7, 11) is 0. The van der Waals surface area contributed by atoms with Crippen molar-refractivity contribution in [3.63, 3.8) is 0 Å². The minimum atomic E-state index is -1.06. The van der Waals surface area contributed by atoms with Crippen LogP contribution in [0.25, 0.3) is 10.9 Å². The van der Waals surface area contributed by atoms with Gasteiger partial charge in [-0.2, -0.15) is 0 Å². The van der Waals surface area contributed by atoms with Gasteiger partial charge in [0.15, 0.2) is 17.4 Å². The number of carbonyl (C=O) groups is 3. The van der Waals surface area contributed by atoms with E-state index in [0.717, 1.165) is 12.1 Å². The monoisotopic (exact) mass is 369 g/mol. The van der Waals surface area contributed by atoms with Crippen molar-refractivity contribution in [1.82, 2.24) is 4.98 Å². The number of hydrogen-bond donors (Lipinski definition) is 3. The van der Waals surface area contributed by atoms with Gasteiger partial charge in [0, 0.05) is 35.3 Å². The summed E-state index contributed by atoms with van der Waals surface area (Å²) in [6.45, 7) is 0. The Labute approximate surface area is 151 Å². The Hall–Kier alpha value is -3.55. The Kier molecular flexibility index (Phi) is 3.95. The highest BCUT2D eigenvalue weighted by molar-refractivity contribution is 6.44. The number of carbonyl (C=O) groups excluding carboxylic acids is 3. The summed E-state index contributed by atoms with van der Waals surface area (Å²) in [6, 6.07) is 6.83. The largest absolute Gasteiger partial charge is 0.359 e. The summed E-state index contributed by atoms with van der Waals surface area (Å²) in [6.07, 6.45) is 2.21. The number of H-pyrrole nitrogens is 1. The van der Waals surface area contributed by atoms with Crippen LogP contribution in [0.2, 0.25) is 0 Å². The zero-order chi connectivity index (χ0) is 19.1. The van der Waals surface area contributed by atoms with Crippen molar-refractivity contribution < 1.29 is 23.2 Å². The Morgan fingerprint density at radius 3 is 2.44 bits per heavy atom. The zero-order valence-electron chi connectivity index (χ0n) is 13.9. The van der Waals surface area contributed by atoms with Crippen LogP contribution >= 0.6 is 0 Å². The molecule has 27 heavy (non-hydrogen) atoms. The van der Waals surface area contributed by atoms with Crippen LogP contribution in [0.5, 0.6) is 0 Å². The highest BCUT2D eigenvalue weighted by Crippen LogP contribution is 2.29. The van der Waals surface area contributed by atoms with E-state index < -0.39 is 23.4 Å². The van der Waals surface area contributed by atoms with Crippen LogP contribution in [-0.2, 0) is 16.0 Å². The number of hydrogen-bond acceptors (Lipinski definition) is 3. The molecule has 0 unspecified atom stereocenters. The van der Waals surface area contributed by atoms with E-state index in [1.807, 2.05) is 0 Å². The summed E-state index contributed by atoms with van der Waals surface area (Å²) in [5, 5.41) is 5.10. The molecule has 0 saturated heterocycles. The third kappa shape index (κ3) is 2.95. The smallest absolute Gasteiger partial charge is 0.314 e. The van der Waals surface area contributed by atoms with E-state index >= 15 is 0 Å². The van der Waals surface area contributed by atoms with Gasteiger partial charge >= 0.3 is 11.8 Å². The Bertz CT molecular complexity index is 1120. The van der Waals surface area contributed by atoms with Gasteiger partial charge in [0.2, 0.25) is 0 Å². The van der Waals surface area contributed by atoms with Crippen molar-refractivity contribution in [3.05, 3.63) is 59.3 Å². The second-order valence-corrected chi connectivity index (χ2v) is 6.18. The maximum Gasteiger partial charge on any atom is 0.314 e. The molecular weight excluding hydrogens is 356 g/mol. The Balaban J connectivity index is 1.54. The summed E-state index contributed by atoms with van der Waals surface area (Å²) in [5.41, 5.74) is 2.09. The van der Waals surface area contributed by atoms with Crippen LogP contribution in [0.15, 0.2) is 36.5 Å². The fourth-order valence-electron chi connectivity index (χ4n) is 3.19. The van der Waals surface area contributed by atoms with Gasteiger partial charge in [0.05, 0.1) is 11.2 Å². The summed E-state index contributed by atoms with van der Waals surface area (Å²) >= 11 is 0. The van der Waals surface area contributed by atoms with Crippen LogP contribution < -0.4 is 10.6 Å². The van der Waals surface area contributed by atoms with E-state index in [4.69, 9.17) is 0 Å². The molecule has 136 valence electrons. The molecule has 3 aromatic rings. The lowest BCUT2D eigenvalue weighted by Crippen LogP contribution is -2.29. The van der Waals surface area contributed by atoms with E-state index in [2.05, 4.69) is 15.6 Å². The molecule has 0 atom stereocenters. The third-order valence-corrected chi connectivity index (χ3v) is 4.50. The second-order valence-electron chi connectivity index (χ2n) is 6.18. The number of Topliss-reactive ketones (excluding diaryl/α,β-unsaturated/α-hetero) is 1. The van der Waals surface area contributed by atoms with Crippen molar-refractivity contribution in [1.29, 1.82) is 0 Å². The molecule has 0 fully saturated rings. The van der Waals surface area contributed by atoms with Crippen LogP contribution in [0, 0.1) is 11.6 Å². The summed E-state index contributed by atoms with van der Waals surface area (Å²) < 4.78 is 26.7. The van der Waals surface area contributed by atoms with Crippen molar-refractivity contribution in [2.24, 2.45) is 0 Å². The predicted molar refractivity (Wildman–Crippen MR) is 94.6 cm³/mol. The van der Waals surface area contributed by atoms with E-state index in [0.29, 0.717) is 29.7 Å². The molecule has 1 aliphatic rings. The van der Waals surface area contributed by atoms with Crippen LogP contribution in [0.4, 0.5) is 20.2 Å². The van der Waals surface area contributed by atoms with Gasteiger partial charge in [0.25, 0.3) is 0 Å². The van der Waals surface area contributed by atoms with E-state index in [9.17, 15) is 23.2 Å². The Morgan fingerprint density at radius 2 is 1.67 bits per heavy atom. The molecule has 0 aliphatic heterocycles. The lowest BCUT2D eigenvalue weighted by molar-refractivity contribution is -0.132. The van der Waals surface area contributed by atoms with Crippen molar-refractivity contribution in [3.8, 4) is 0 Å². The summed E-state index contributed by atoms with van der Waals surface area (Å²) in [5.74, 6) is -3.99. The maximum atomic E-state index is 13.4. The molecule has 0 spiro atoms. The molecule has 1 heterocycles. The first-order valence-electron chi connectivity index (χ1n) is 8.17. The first-order valence-corrected chi connectivity index (χ1v) is 8.17. The number of anilines is 2. The van der Waals surface area contributed by atoms with Crippen LogP contribution in [-0.4, -0.2) is 22.6 Å². The average molecular weight is 369 g/mol. The molecule has 2 aromatic carbocycles. The van der Waals surface area contributed by atoms with Crippen molar-refractivity contribution >= 4 is 39.9 Å². The van der Waals surface area contributed by atoms with Crippen LogP contribution in [0.3, 0.4) is 0 Å². The van der Waals surface area contributed by atoms with Gasteiger partial charge in [0.1, 0.15) is 0 Å². The van der Waals surface area contributed by atoms with Gasteiger partial charge in [-0.3, -0.25) is 14.4 Å². The average Bonchev–Trinajstić information content (AvgIpc) is 3.20. The minimum absolute atomic E-state index is 0.00129. The van der Waals surface area contributed by atoms with Gasteiger partial charge in [-0.25, -0.2) is 8.78 Å². The van der Waals surface area contributed by atoms with Gasteiger partial charge in [-0.1, -0.05) is 12.1 Å². The zero-order valence-corrected chi connectivity index (χ0v) is 13.9.